The highest BCUT2D eigenvalue weighted by atomic mass is 32.2. The monoisotopic (exact) mass is 282 g/mol. The Bertz CT molecular complexity index is 386. The van der Waals surface area contributed by atoms with E-state index in [0.717, 1.165) is 30.9 Å². The molecule has 4 atom stereocenters. The molecule has 0 spiro atoms. The first-order chi connectivity index (χ1) is 9.24. The number of nitrogens with zero attached hydrogens (tertiary/aromatic N) is 1. The summed E-state index contributed by atoms with van der Waals surface area (Å²) in [5.41, 5.74) is 1.29. The van der Waals surface area contributed by atoms with Gasteiger partial charge in [-0.15, -0.1) is 11.8 Å². The second-order valence-electron chi connectivity index (χ2n) is 6.09. The smallest absolute Gasteiger partial charge is 0.213 e. The quantitative estimate of drug-likeness (QED) is 0.623. The summed E-state index contributed by atoms with van der Waals surface area (Å²) in [6.45, 7) is 0. The van der Waals surface area contributed by atoms with Crippen LogP contribution in [0.15, 0.2) is 11.1 Å². The van der Waals surface area contributed by atoms with Gasteiger partial charge in [-0.05, 0) is 31.1 Å². The van der Waals surface area contributed by atoms with Crippen molar-refractivity contribution in [2.45, 2.75) is 68.7 Å². The van der Waals surface area contributed by atoms with Gasteiger partial charge >= 0.3 is 0 Å². The minimum Gasteiger partial charge on any atom is -0.384 e. The third-order valence-electron chi connectivity index (χ3n) is 4.81. The topological polar surface area (TPSA) is 55.2 Å². The van der Waals surface area contributed by atoms with Crippen LogP contribution in [0.4, 0.5) is 0 Å². The Morgan fingerprint density at radius 1 is 1.21 bits per heavy atom. The molecule has 0 amide bonds. The minimum atomic E-state index is -0.324. The van der Waals surface area contributed by atoms with Crippen molar-refractivity contribution in [1.29, 1.82) is 0 Å². The number of hydrogen-bond donors (Lipinski definition) is 1. The molecular formula is C14H22N2O2S. The Balaban J connectivity index is 1.65. The van der Waals surface area contributed by atoms with E-state index in [1.54, 1.807) is 0 Å². The summed E-state index contributed by atoms with van der Waals surface area (Å²) < 4.78 is 0. The zero-order chi connectivity index (χ0) is 13.2. The molecule has 3 rings (SSSR count). The van der Waals surface area contributed by atoms with Crippen LogP contribution in [0.3, 0.4) is 0 Å². The van der Waals surface area contributed by atoms with Crippen LogP contribution in [0.1, 0.15) is 51.4 Å². The number of nitrogens with one attached hydrogen (secondary N) is 1. The molecule has 5 heteroatoms. The lowest BCUT2D eigenvalue weighted by molar-refractivity contribution is -0.527. The predicted molar refractivity (Wildman–Crippen MR) is 77.6 cm³/mol. The van der Waals surface area contributed by atoms with Crippen LogP contribution in [0.25, 0.3) is 0 Å². The van der Waals surface area contributed by atoms with E-state index in [1.807, 2.05) is 11.8 Å². The van der Waals surface area contributed by atoms with Crippen molar-refractivity contribution in [3.05, 3.63) is 21.2 Å². The normalized spacial score (nSPS) is 38.8. The molecule has 2 fully saturated rings. The lowest BCUT2D eigenvalue weighted by Crippen LogP contribution is -2.44. The van der Waals surface area contributed by atoms with E-state index in [4.69, 9.17) is 0 Å². The fraction of sp³-hybridized carbons (Fsp3) is 0.857. The van der Waals surface area contributed by atoms with Gasteiger partial charge in [-0.1, -0.05) is 12.8 Å². The number of hydrogen-bond acceptors (Lipinski definition) is 4. The van der Waals surface area contributed by atoms with Crippen molar-refractivity contribution in [2.75, 3.05) is 0 Å². The van der Waals surface area contributed by atoms with Gasteiger partial charge < -0.3 is 5.32 Å². The van der Waals surface area contributed by atoms with Gasteiger partial charge in [0.15, 0.2) is 0 Å². The molecule has 106 valence electrons. The van der Waals surface area contributed by atoms with Crippen LogP contribution in [0.5, 0.6) is 0 Å². The van der Waals surface area contributed by atoms with Crippen molar-refractivity contribution < 1.29 is 4.92 Å². The first-order valence-corrected chi connectivity index (χ1v) is 8.44. The number of allylic oxidation sites excluding steroid dienone is 1. The van der Waals surface area contributed by atoms with Gasteiger partial charge in [-0.2, -0.15) is 0 Å². The van der Waals surface area contributed by atoms with Gasteiger partial charge in [0.2, 0.25) is 6.04 Å². The van der Waals surface area contributed by atoms with Crippen LogP contribution in [-0.2, 0) is 0 Å². The molecule has 0 saturated heterocycles. The van der Waals surface area contributed by atoms with E-state index < -0.39 is 0 Å². The summed E-state index contributed by atoms with van der Waals surface area (Å²) >= 11 is 1.96. The summed E-state index contributed by atoms with van der Waals surface area (Å²) in [6.07, 6.45) is 8.85. The van der Waals surface area contributed by atoms with Crippen LogP contribution in [0, 0.1) is 16.0 Å². The standard InChI is InChI=1S/C14H22N2O2S/c17-16(18)11-5-3-4-10(8-11)13-9-19-14-7-2-1-6-12(14)15-13/h9-12,14-15H,1-8H2/t10-,11+,12-,14+/m1/s1. The molecule has 2 aliphatic carbocycles. The van der Waals surface area contributed by atoms with E-state index in [9.17, 15) is 10.1 Å². The van der Waals surface area contributed by atoms with Crippen molar-refractivity contribution in [3.8, 4) is 0 Å². The van der Waals surface area contributed by atoms with E-state index in [0.29, 0.717) is 12.0 Å². The summed E-state index contributed by atoms with van der Waals surface area (Å²) in [5.74, 6) is 0.388. The Morgan fingerprint density at radius 3 is 2.89 bits per heavy atom. The van der Waals surface area contributed by atoms with Crippen molar-refractivity contribution >= 4 is 11.8 Å². The molecule has 0 unspecified atom stereocenters. The molecular weight excluding hydrogens is 260 g/mol. The molecule has 19 heavy (non-hydrogen) atoms. The van der Waals surface area contributed by atoms with Gasteiger partial charge in [-0.25, -0.2) is 0 Å². The van der Waals surface area contributed by atoms with Gasteiger partial charge in [-0.3, -0.25) is 10.1 Å². The molecule has 2 saturated carbocycles. The zero-order valence-corrected chi connectivity index (χ0v) is 12.0. The molecule has 1 aliphatic heterocycles. The molecule has 4 nitrogen and oxygen atoms in total. The predicted octanol–water partition coefficient (Wildman–Crippen LogP) is 3.31. The van der Waals surface area contributed by atoms with Crippen molar-refractivity contribution in [1.82, 2.24) is 5.32 Å². The summed E-state index contributed by atoms with van der Waals surface area (Å²) in [4.78, 5) is 10.9. The van der Waals surface area contributed by atoms with Crippen LogP contribution in [0.2, 0.25) is 0 Å². The van der Waals surface area contributed by atoms with Gasteiger partial charge in [0.25, 0.3) is 0 Å². The Hall–Kier alpha value is -0.710. The largest absolute Gasteiger partial charge is 0.384 e. The maximum atomic E-state index is 11.0. The zero-order valence-electron chi connectivity index (χ0n) is 11.2. The average Bonchev–Trinajstić information content (AvgIpc) is 2.47. The fourth-order valence-electron chi connectivity index (χ4n) is 3.69. The highest BCUT2D eigenvalue weighted by Crippen LogP contribution is 2.38. The summed E-state index contributed by atoms with van der Waals surface area (Å²) in [6, 6.07) is 0.283. The lowest BCUT2D eigenvalue weighted by Gasteiger charge is -2.39. The molecule has 0 radical (unpaired) electrons. The number of thioether (sulfide) groups is 1. The third kappa shape index (κ3) is 2.91. The highest BCUT2D eigenvalue weighted by Gasteiger charge is 2.35. The second-order valence-corrected chi connectivity index (χ2v) is 7.20. The van der Waals surface area contributed by atoms with Gasteiger partial charge in [0.1, 0.15) is 0 Å². The number of rotatable bonds is 2. The van der Waals surface area contributed by atoms with Gasteiger partial charge in [0, 0.05) is 40.7 Å². The maximum Gasteiger partial charge on any atom is 0.213 e. The average molecular weight is 282 g/mol. The maximum absolute atomic E-state index is 11.0. The molecule has 1 N–H and O–H groups in total. The van der Waals surface area contributed by atoms with E-state index in [1.165, 1.54) is 31.4 Å². The number of nitro groups is 1. The Morgan fingerprint density at radius 2 is 2.05 bits per heavy atom. The molecule has 3 aliphatic rings. The van der Waals surface area contributed by atoms with E-state index >= 15 is 0 Å². The second kappa shape index (κ2) is 5.73. The SMILES string of the molecule is O=[N+]([O-])[C@H]1CCC[C@@H](C2=CS[C@H]3CCCC[C@H]3N2)C1. The molecule has 0 aromatic carbocycles. The van der Waals surface area contributed by atoms with Crippen LogP contribution < -0.4 is 5.32 Å². The molecule has 0 bridgehead atoms. The van der Waals surface area contributed by atoms with Gasteiger partial charge in [0.05, 0.1) is 0 Å². The van der Waals surface area contributed by atoms with E-state index in [2.05, 4.69) is 10.7 Å². The van der Waals surface area contributed by atoms with Crippen LogP contribution >= 0.6 is 11.8 Å². The molecule has 0 aromatic heterocycles. The molecule has 0 aromatic rings. The lowest BCUT2D eigenvalue weighted by atomic mass is 9.83. The Kier molecular flexibility index (Phi) is 4.01. The first kappa shape index (κ1) is 13.3. The third-order valence-corrected chi connectivity index (χ3v) is 6.11. The van der Waals surface area contributed by atoms with E-state index in [-0.39, 0.29) is 11.0 Å². The Labute approximate surface area is 118 Å². The van der Waals surface area contributed by atoms with Crippen molar-refractivity contribution in [2.24, 2.45) is 5.92 Å². The summed E-state index contributed by atoms with van der Waals surface area (Å²) in [7, 11) is 0. The highest BCUT2D eigenvalue weighted by molar-refractivity contribution is 8.02. The minimum absolute atomic E-state index is 0.0773. The summed E-state index contributed by atoms with van der Waals surface area (Å²) in [5, 5.41) is 17.7. The van der Waals surface area contributed by atoms with Crippen LogP contribution in [-0.4, -0.2) is 22.3 Å². The molecule has 1 heterocycles. The first-order valence-electron chi connectivity index (χ1n) is 7.49. The number of fused-ring (bicyclic) bond motifs is 1. The fourth-order valence-corrected chi connectivity index (χ4v) is 4.96. The van der Waals surface area contributed by atoms with Crippen molar-refractivity contribution in [3.63, 3.8) is 0 Å².